The van der Waals surface area contributed by atoms with E-state index < -0.39 is 5.91 Å². The summed E-state index contributed by atoms with van der Waals surface area (Å²) in [6.45, 7) is 0. The minimum absolute atomic E-state index is 0.234. The minimum Gasteiger partial charge on any atom is -0.412 e. The molecular formula is C11H12N6O2S. The molecule has 3 rings (SSSR count). The Kier molecular flexibility index (Phi) is 2.97. The second-order valence-electron chi connectivity index (χ2n) is 4.31. The molecule has 0 radical (unpaired) electrons. The maximum atomic E-state index is 11.3. The van der Waals surface area contributed by atoms with Gasteiger partial charge in [-0.25, -0.2) is 0 Å². The van der Waals surface area contributed by atoms with Crippen molar-refractivity contribution >= 4 is 29.5 Å². The zero-order valence-corrected chi connectivity index (χ0v) is 11.4. The lowest BCUT2D eigenvalue weighted by molar-refractivity contribution is -0.114. The van der Waals surface area contributed by atoms with Crippen LogP contribution in [-0.4, -0.2) is 39.6 Å². The Balaban J connectivity index is 1.88. The van der Waals surface area contributed by atoms with Gasteiger partial charge in [0.25, 0.3) is 11.1 Å². The van der Waals surface area contributed by atoms with Crippen molar-refractivity contribution in [2.45, 2.75) is 17.7 Å². The van der Waals surface area contributed by atoms with Crippen LogP contribution >= 0.6 is 11.8 Å². The monoisotopic (exact) mass is 292 g/mol. The SMILES string of the molecule is CSc1nnc(C2=CN3N=CC(C(N)=O)=C(N)C3C2)o1. The van der Waals surface area contributed by atoms with Gasteiger partial charge >= 0.3 is 0 Å². The number of nitrogens with zero attached hydrogens (tertiary/aromatic N) is 4. The van der Waals surface area contributed by atoms with E-state index in [0.29, 0.717) is 23.2 Å². The van der Waals surface area contributed by atoms with Gasteiger partial charge < -0.3 is 15.9 Å². The van der Waals surface area contributed by atoms with E-state index in [4.69, 9.17) is 15.9 Å². The van der Waals surface area contributed by atoms with E-state index in [2.05, 4.69) is 15.3 Å². The smallest absolute Gasteiger partial charge is 0.276 e. The summed E-state index contributed by atoms with van der Waals surface area (Å²) in [5.74, 6) is -0.144. The highest BCUT2D eigenvalue weighted by atomic mass is 32.2. The predicted octanol–water partition coefficient (Wildman–Crippen LogP) is -0.0958. The Morgan fingerprint density at radius 1 is 1.55 bits per heavy atom. The highest BCUT2D eigenvalue weighted by Crippen LogP contribution is 2.34. The zero-order valence-electron chi connectivity index (χ0n) is 10.6. The van der Waals surface area contributed by atoms with Gasteiger partial charge in [0.05, 0.1) is 17.8 Å². The Morgan fingerprint density at radius 2 is 2.35 bits per heavy atom. The molecule has 0 aromatic carbocycles. The summed E-state index contributed by atoms with van der Waals surface area (Å²) in [7, 11) is 0. The molecule has 1 amide bonds. The third-order valence-corrected chi connectivity index (χ3v) is 3.65. The Morgan fingerprint density at radius 3 is 3.00 bits per heavy atom. The molecule has 4 N–H and O–H groups in total. The summed E-state index contributed by atoms with van der Waals surface area (Å²) < 4.78 is 5.48. The highest BCUT2D eigenvalue weighted by molar-refractivity contribution is 7.98. The molecule has 3 heterocycles. The summed E-state index contributed by atoms with van der Waals surface area (Å²) in [6.07, 6.45) is 5.54. The third kappa shape index (κ3) is 1.95. The Labute approximate surface area is 118 Å². The molecule has 104 valence electrons. The van der Waals surface area contributed by atoms with Crippen molar-refractivity contribution < 1.29 is 9.21 Å². The molecule has 1 atom stereocenters. The number of hydrazone groups is 1. The van der Waals surface area contributed by atoms with Crippen molar-refractivity contribution in [1.29, 1.82) is 0 Å². The molecular weight excluding hydrogens is 280 g/mol. The Bertz CT molecular complexity index is 662. The fourth-order valence-electron chi connectivity index (χ4n) is 2.12. The number of primary amides is 1. The fraction of sp³-hybridized carbons (Fsp3) is 0.273. The van der Waals surface area contributed by atoms with Crippen molar-refractivity contribution in [2.24, 2.45) is 16.6 Å². The van der Waals surface area contributed by atoms with Gasteiger partial charge in [-0.3, -0.25) is 9.80 Å². The number of thioether (sulfide) groups is 1. The normalized spacial score (nSPS) is 21.1. The molecule has 0 saturated carbocycles. The van der Waals surface area contributed by atoms with Crippen molar-refractivity contribution in [1.82, 2.24) is 15.2 Å². The van der Waals surface area contributed by atoms with Crippen LogP contribution in [0, 0.1) is 0 Å². The first-order valence-electron chi connectivity index (χ1n) is 5.80. The van der Waals surface area contributed by atoms with Gasteiger partial charge in [0.2, 0.25) is 5.89 Å². The quantitative estimate of drug-likeness (QED) is 0.746. The van der Waals surface area contributed by atoms with Crippen molar-refractivity contribution in [3.05, 3.63) is 23.4 Å². The van der Waals surface area contributed by atoms with Crippen LogP contribution in [0.1, 0.15) is 12.3 Å². The lowest BCUT2D eigenvalue weighted by atomic mass is 10.0. The van der Waals surface area contributed by atoms with Gasteiger partial charge in [-0.15, -0.1) is 10.2 Å². The van der Waals surface area contributed by atoms with E-state index in [9.17, 15) is 4.79 Å². The standard InChI is InChI=1S/C11H12N6O2S/c1-20-11-16-15-10(19-11)5-2-7-8(12)6(9(13)18)3-14-17(7)4-5/h3-4,7H,2,12H2,1H3,(H2,13,18). The molecule has 20 heavy (non-hydrogen) atoms. The van der Waals surface area contributed by atoms with Crippen molar-refractivity contribution in [2.75, 3.05) is 6.26 Å². The lowest BCUT2D eigenvalue weighted by Crippen LogP contribution is -2.36. The first-order valence-corrected chi connectivity index (χ1v) is 7.03. The van der Waals surface area contributed by atoms with Crippen LogP contribution in [0.25, 0.3) is 5.57 Å². The zero-order chi connectivity index (χ0) is 14.3. The summed E-state index contributed by atoms with van der Waals surface area (Å²) in [4.78, 5) is 11.3. The van der Waals surface area contributed by atoms with Crippen LogP contribution in [0.3, 0.4) is 0 Å². The maximum Gasteiger partial charge on any atom is 0.276 e. The van der Waals surface area contributed by atoms with Gasteiger partial charge in [-0.05, 0) is 6.26 Å². The fourth-order valence-corrected chi connectivity index (χ4v) is 2.40. The molecule has 1 aromatic heterocycles. The molecule has 0 aliphatic carbocycles. The van der Waals surface area contributed by atoms with Gasteiger partial charge in [-0.2, -0.15) is 5.10 Å². The van der Waals surface area contributed by atoms with Gasteiger partial charge in [0.1, 0.15) is 0 Å². The summed E-state index contributed by atoms with van der Waals surface area (Å²) in [5.41, 5.74) is 12.7. The first-order chi connectivity index (χ1) is 9.60. The number of fused-ring (bicyclic) bond motifs is 1. The minimum atomic E-state index is -0.582. The molecule has 9 heteroatoms. The first kappa shape index (κ1) is 12.7. The van der Waals surface area contributed by atoms with Gasteiger partial charge in [0.15, 0.2) is 0 Å². The molecule has 8 nitrogen and oxygen atoms in total. The van der Waals surface area contributed by atoms with Crippen molar-refractivity contribution in [3.8, 4) is 0 Å². The van der Waals surface area contributed by atoms with Crippen LogP contribution in [0.5, 0.6) is 0 Å². The number of hydrogen-bond acceptors (Lipinski definition) is 8. The number of aromatic nitrogens is 2. The number of carbonyl (C=O) groups is 1. The van der Waals surface area contributed by atoms with E-state index in [0.717, 1.165) is 5.57 Å². The third-order valence-electron chi connectivity index (χ3n) is 3.13. The largest absolute Gasteiger partial charge is 0.412 e. The van der Waals surface area contributed by atoms with Crippen LogP contribution in [0.2, 0.25) is 0 Å². The van der Waals surface area contributed by atoms with Crippen LogP contribution in [0.15, 0.2) is 32.2 Å². The average Bonchev–Trinajstić information content (AvgIpc) is 3.04. The molecule has 1 aromatic rings. The molecule has 0 saturated heterocycles. The number of hydrogen-bond donors (Lipinski definition) is 2. The molecule has 0 spiro atoms. The molecule has 0 bridgehead atoms. The molecule has 2 aliphatic heterocycles. The highest BCUT2D eigenvalue weighted by Gasteiger charge is 2.34. The Hall–Kier alpha value is -2.29. The van der Waals surface area contributed by atoms with Gasteiger partial charge in [-0.1, -0.05) is 11.8 Å². The van der Waals surface area contributed by atoms with Crippen LogP contribution in [0.4, 0.5) is 0 Å². The van der Waals surface area contributed by atoms with E-state index >= 15 is 0 Å². The summed E-state index contributed by atoms with van der Waals surface area (Å²) in [6, 6.07) is -0.234. The molecule has 1 unspecified atom stereocenters. The molecule has 2 aliphatic rings. The number of carbonyl (C=O) groups excluding carboxylic acids is 1. The summed E-state index contributed by atoms with van der Waals surface area (Å²) >= 11 is 1.37. The number of amides is 1. The second-order valence-corrected chi connectivity index (χ2v) is 5.07. The van der Waals surface area contributed by atoms with Crippen LogP contribution in [-0.2, 0) is 4.79 Å². The predicted molar refractivity (Wildman–Crippen MR) is 73.2 cm³/mol. The van der Waals surface area contributed by atoms with E-state index in [1.165, 1.54) is 18.0 Å². The number of rotatable bonds is 3. The van der Waals surface area contributed by atoms with Crippen molar-refractivity contribution in [3.63, 3.8) is 0 Å². The second kappa shape index (κ2) is 4.67. The average molecular weight is 292 g/mol. The summed E-state index contributed by atoms with van der Waals surface area (Å²) in [5, 5.41) is 14.2. The lowest BCUT2D eigenvalue weighted by Gasteiger charge is -2.25. The van der Waals surface area contributed by atoms with E-state index in [1.54, 1.807) is 11.2 Å². The maximum absolute atomic E-state index is 11.3. The van der Waals surface area contributed by atoms with E-state index in [1.807, 2.05) is 6.26 Å². The number of nitrogens with two attached hydrogens (primary N) is 2. The van der Waals surface area contributed by atoms with Crippen LogP contribution < -0.4 is 11.5 Å². The topological polar surface area (TPSA) is 124 Å². The van der Waals surface area contributed by atoms with E-state index in [-0.39, 0.29) is 11.6 Å². The van der Waals surface area contributed by atoms with Gasteiger partial charge in [0, 0.05) is 23.9 Å². The molecule has 0 fully saturated rings.